The summed E-state index contributed by atoms with van der Waals surface area (Å²) in [5.41, 5.74) is -0.633. The molecular formula is C34H32F3N3O7S2. The number of aromatic nitrogens is 1. The van der Waals surface area contributed by atoms with Gasteiger partial charge in [-0.05, 0) is 60.9 Å². The number of anilines is 1. The molecule has 5 aliphatic rings. The largest absolute Gasteiger partial charge is 0.490 e. The summed E-state index contributed by atoms with van der Waals surface area (Å²) in [7, 11) is 0. The predicted molar refractivity (Wildman–Crippen MR) is 173 cm³/mol. The van der Waals surface area contributed by atoms with Gasteiger partial charge in [0.2, 0.25) is 11.8 Å². The van der Waals surface area contributed by atoms with E-state index in [4.69, 9.17) is 14.2 Å². The number of hydrogen-bond donors (Lipinski definition) is 1. The molecule has 3 aromatic rings. The molecule has 2 bridgehead atoms. The number of carbonyl (C=O) groups excluding carboxylic acids is 3. The average molecular weight is 716 g/mol. The molecule has 1 aromatic heterocycles. The second kappa shape index (κ2) is 12.2. The third kappa shape index (κ3) is 5.27. The van der Waals surface area contributed by atoms with Crippen LogP contribution in [0, 0.1) is 29.6 Å². The Morgan fingerprint density at radius 3 is 2.47 bits per heavy atom. The van der Waals surface area contributed by atoms with Gasteiger partial charge in [0.15, 0.2) is 18.1 Å². The standard InChI is InChI=1S/C34H32F3N3O7S2/c1-2-46-22-13-16(7-8-21(22)47-15-23(41)39-9-11-45-12-10-39)24-25-17-14-18(28(25)48-30-29(24)49-33(44)38-30)27-26(17)31(42)40(32(27)43)20-6-4-3-5-19(20)34(35,36)37/h3-8,13,17-18,24-28H,2,9-12,14-15H2,1H3,(H,38,44)/t17-,18-,24-,25?,26?,27?,28?/m1/s1. The Morgan fingerprint density at radius 1 is 1.00 bits per heavy atom. The van der Waals surface area contributed by atoms with E-state index >= 15 is 0 Å². The molecule has 2 saturated heterocycles. The molecule has 8 rings (SSSR count). The zero-order chi connectivity index (χ0) is 34.2. The number of nitrogens with zero attached hydrogens (tertiary/aromatic N) is 2. The van der Waals surface area contributed by atoms with E-state index in [-0.39, 0.29) is 46.3 Å². The van der Waals surface area contributed by atoms with Crippen molar-refractivity contribution in [1.82, 2.24) is 9.88 Å². The Hall–Kier alpha value is -3.82. The van der Waals surface area contributed by atoms with Crippen LogP contribution in [0.5, 0.6) is 11.5 Å². The van der Waals surface area contributed by atoms with Crippen LogP contribution in [-0.2, 0) is 25.3 Å². The van der Waals surface area contributed by atoms with E-state index in [0.717, 1.165) is 32.7 Å². The molecule has 15 heteroatoms. The summed E-state index contributed by atoms with van der Waals surface area (Å²) in [6.45, 7) is 3.92. The maximum absolute atomic E-state index is 14.1. The van der Waals surface area contributed by atoms with Crippen molar-refractivity contribution in [1.29, 1.82) is 0 Å². The van der Waals surface area contributed by atoms with Crippen molar-refractivity contribution < 1.29 is 41.8 Å². The number of carbonyl (C=O) groups is 3. The van der Waals surface area contributed by atoms with Crippen LogP contribution in [0.4, 0.5) is 18.9 Å². The number of nitrogens with one attached hydrogen (secondary N) is 1. The van der Waals surface area contributed by atoms with Crippen molar-refractivity contribution >= 4 is 46.5 Å². The normalized spacial score (nSPS) is 28.8. The third-order valence-corrected chi connectivity index (χ3v) is 13.1. The van der Waals surface area contributed by atoms with Crippen molar-refractivity contribution in [3.63, 3.8) is 0 Å². The van der Waals surface area contributed by atoms with Crippen LogP contribution in [0.25, 0.3) is 0 Å². The maximum atomic E-state index is 14.1. The molecule has 7 atom stereocenters. The molecule has 4 fully saturated rings. The molecule has 4 heterocycles. The van der Waals surface area contributed by atoms with Crippen LogP contribution < -0.4 is 19.2 Å². The predicted octanol–water partition coefficient (Wildman–Crippen LogP) is 4.77. The molecule has 10 nitrogen and oxygen atoms in total. The first-order valence-electron chi connectivity index (χ1n) is 16.3. The van der Waals surface area contributed by atoms with Gasteiger partial charge in [-0.3, -0.25) is 19.2 Å². The molecule has 2 aromatic carbocycles. The Balaban J connectivity index is 1.13. The Morgan fingerprint density at radius 2 is 1.73 bits per heavy atom. The Kier molecular flexibility index (Phi) is 8.06. The third-order valence-electron chi connectivity index (χ3n) is 10.5. The minimum Gasteiger partial charge on any atom is -0.490 e. The molecule has 2 saturated carbocycles. The van der Waals surface area contributed by atoms with Gasteiger partial charge in [-0.15, -0.1) is 11.8 Å². The summed E-state index contributed by atoms with van der Waals surface area (Å²) < 4.78 is 59.3. The van der Waals surface area contributed by atoms with E-state index in [9.17, 15) is 32.3 Å². The average Bonchev–Trinajstić information content (AvgIpc) is 3.82. The number of thioether (sulfide) groups is 1. The zero-order valence-corrected chi connectivity index (χ0v) is 27.9. The Labute approximate surface area is 286 Å². The highest BCUT2D eigenvalue weighted by atomic mass is 32.2. The van der Waals surface area contributed by atoms with Crippen molar-refractivity contribution in [2.24, 2.45) is 29.6 Å². The van der Waals surface area contributed by atoms with Gasteiger partial charge < -0.3 is 24.1 Å². The monoisotopic (exact) mass is 715 g/mol. The highest BCUT2D eigenvalue weighted by molar-refractivity contribution is 8.00. The second-order valence-corrected chi connectivity index (χ2v) is 15.1. The summed E-state index contributed by atoms with van der Waals surface area (Å²) in [5.74, 6) is -3.11. The molecule has 258 valence electrons. The smallest absolute Gasteiger partial charge is 0.418 e. The molecular weight excluding hydrogens is 684 g/mol. The summed E-state index contributed by atoms with van der Waals surface area (Å²) in [5, 5.41) is 0.553. The van der Waals surface area contributed by atoms with Crippen LogP contribution in [0.2, 0.25) is 0 Å². The fourth-order valence-corrected chi connectivity index (χ4v) is 11.6. The van der Waals surface area contributed by atoms with Crippen molar-refractivity contribution in [3.8, 4) is 11.5 Å². The lowest BCUT2D eigenvalue weighted by molar-refractivity contribution is -0.138. The first kappa shape index (κ1) is 32.4. The van der Waals surface area contributed by atoms with Gasteiger partial charge in [0.25, 0.3) is 5.91 Å². The van der Waals surface area contributed by atoms with Gasteiger partial charge in [0.1, 0.15) is 0 Å². The quantitative estimate of drug-likeness (QED) is 0.348. The van der Waals surface area contributed by atoms with Gasteiger partial charge in [0.05, 0.1) is 47.9 Å². The number of thiazole rings is 1. The van der Waals surface area contributed by atoms with Crippen LogP contribution in [0.15, 0.2) is 52.3 Å². The number of alkyl halides is 3. The van der Waals surface area contributed by atoms with Crippen molar-refractivity contribution in [2.45, 2.75) is 35.7 Å². The van der Waals surface area contributed by atoms with Gasteiger partial charge in [0, 0.05) is 29.1 Å². The van der Waals surface area contributed by atoms with Gasteiger partial charge >= 0.3 is 11.0 Å². The van der Waals surface area contributed by atoms with E-state index in [1.54, 1.807) is 11.0 Å². The van der Waals surface area contributed by atoms with Crippen LogP contribution in [0.3, 0.4) is 0 Å². The molecule has 0 radical (unpaired) electrons. The topological polar surface area (TPSA) is 118 Å². The number of fused-ring (bicyclic) bond motifs is 9. The van der Waals surface area contributed by atoms with Crippen molar-refractivity contribution in [2.75, 3.05) is 44.4 Å². The highest BCUT2D eigenvalue weighted by Gasteiger charge is 2.70. The Bertz CT molecular complexity index is 1890. The summed E-state index contributed by atoms with van der Waals surface area (Å²) in [4.78, 5) is 59.5. The van der Waals surface area contributed by atoms with Crippen LogP contribution in [-0.4, -0.2) is 72.4 Å². The van der Waals surface area contributed by atoms with Crippen molar-refractivity contribution in [3.05, 3.63) is 68.1 Å². The number of morpholine rings is 1. The lowest BCUT2D eigenvalue weighted by Gasteiger charge is -2.43. The summed E-state index contributed by atoms with van der Waals surface area (Å²) in [6.07, 6.45) is -4.16. The van der Waals surface area contributed by atoms with Gasteiger partial charge in [-0.25, -0.2) is 4.90 Å². The second-order valence-electron chi connectivity index (χ2n) is 12.9. The number of para-hydroxylation sites is 1. The van der Waals surface area contributed by atoms with E-state index in [1.165, 1.54) is 30.0 Å². The maximum Gasteiger partial charge on any atom is 0.418 e. The molecule has 3 amide bonds. The number of H-pyrrole nitrogens is 1. The van der Waals surface area contributed by atoms with E-state index in [1.807, 2.05) is 19.1 Å². The minimum absolute atomic E-state index is 0.152. The number of hydrogen-bond acceptors (Lipinski definition) is 9. The van der Waals surface area contributed by atoms with E-state index in [0.29, 0.717) is 55.9 Å². The number of rotatable bonds is 7. The lowest BCUT2D eigenvalue weighted by atomic mass is 9.68. The highest BCUT2D eigenvalue weighted by Crippen LogP contribution is 2.69. The lowest BCUT2D eigenvalue weighted by Crippen LogP contribution is -2.43. The number of aromatic amines is 1. The number of ether oxygens (including phenoxy) is 3. The van der Waals surface area contributed by atoms with Gasteiger partial charge in [-0.2, -0.15) is 13.2 Å². The first-order chi connectivity index (χ1) is 23.6. The number of amides is 3. The number of imide groups is 1. The molecule has 49 heavy (non-hydrogen) atoms. The minimum atomic E-state index is -4.74. The molecule has 3 aliphatic heterocycles. The SMILES string of the molecule is CCOc1cc([C@H]2c3sc(=O)[nH]c3SC3C2[C@H]2C[C@@H]3C3C(=O)N(c4ccccc4C(F)(F)F)C(=O)C32)ccc1OCC(=O)N1CCOCC1. The van der Waals surface area contributed by atoms with E-state index in [2.05, 4.69) is 4.98 Å². The fraction of sp³-hybridized carbons (Fsp3) is 0.471. The molecule has 0 spiro atoms. The molecule has 2 aliphatic carbocycles. The van der Waals surface area contributed by atoms with Gasteiger partial charge in [-0.1, -0.05) is 29.5 Å². The summed E-state index contributed by atoms with van der Waals surface area (Å²) >= 11 is 2.59. The number of benzene rings is 2. The van der Waals surface area contributed by atoms with Crippen LogP contribution >= 0.6 is 23.1 Å². The fourth-order valence-electron chi connectivity index (χ4n) is 8.68. The molecule has 4 unspecified atom stereocenters. The van der Waals surface area contributed by atoms with E-state index < -0.39 is 41.1 Å². The zero-order valence-electron chi connectivity index (χ0n) is 26.2. The van der Waals surface area contributed by atoms with Crippen LogP contribution in [0.1, 0.15) is 35.3 Å². The number of halogens is 3. The summed E-state index contributed by atoms with van der Waals surface area (Å²) in [6, 6.07) is 10.2. The first-order valence-corrected chi connectivity index (χ1v) is 17.9. The molecule has 1 N–H and O–H groups in total.